The Labute approximate surface area is 87.5 Å². The number of ether oxygens (including phenoxy) is 1. The summed E-state index contributed by atoms with van der Waals surface area (Å²) in [6.07, 6.45) is 3.50. The molecule has 2 nitrogen and oxygen atoms in total. The highest BCUT2D eigenvalue weighted by Gasteiger charge is 2.29. The summed E-state index contributed by atoms with van der Waals surface area (Å²) in [5, 5.41) is 0. The molecule has 0 bridgehead atoms. The van der Waals surface area contributed by atoms with Gasteiger partial charge in [-0.25, -0.2) is 0 Å². The van der Waals surface area contributed by atoms with Gasteiger partial charge in [-0.15, -0.1) is 6.58 Å². The average molecular weight is 282 g/mol. The number of esters is 1. The van der Waals surface area contributed by atoms with Crippen LogP contribution in [-0.2, 0) is 9.53 Å². The smallest absolute Gasteiger partial charge is 0.315 e. The van der Waals surface area contributed by atoms with Crippen molar-refractivity contribution in [2.24, 2.45) is 5.41 Å². The topological polar surface area (TPSA) is 26.3 Å². The molecular weight excluding hydrogens is 267 g/mol. The van der Waals surface area contributed by atoms with Gasteiger partial charge in [0.05, 0.1) is 12.5 Å². The van der Waals surface area contributed by atoms with Crippen LogP contribution in [0.4, 0.5) is 0 Å². The molecule has 1 unspecified atom stereocenters. The number of hydrogen-bond donors (Lipinski definition) is 0. The molecule has 0 fully saturated rings. The zero-order valence-corrected chi connectivity index (χ0v) is 9.76. The number of rotatable bonds is 5. The van der Waals surface area contributed by atoms with Crippen LogP contribution < -0.4 is 0 Å². The largest absolute Gasteiger partial charge is 0.468 e. The van der Waals surface area contributed by atoms with E-state index in [-0.39, 0.29) is 5.97 Å². The highest BCUT2D eigenvalue weighted by atomic mass is 127. The second kappa shape index (κ2) is 5.56. The molecule has 0 aromatic carbocycles. The Morgan fingerprint density at radius 1 is 1.75 bits per heavy atom. The molecule has 1 atom stereocenters. The molecule has 0 radical (unpaired) electrons. The van der Waals surface area contributed by atoms with E-state index in [2.05, 4.69) is 29.2 Å². The van der Waals surface area contributed by atoms with Gasteiger partial charge in [-0.3, -0.25) is 4.79 Å². The summed E-state index contributed by atoms with van der Waals surface area (Å²) in [6, 6.07) is 0. The molecule has 0 saturated heterocycles. The van der Waals surface area contributed by atoms with Gasteiger partial charge in [0.2, 0.25) is 0 Å². The van der Waals surface area contributed by atoms with Crippen molar-refractivity contribution in [1.82, 2.24) is 0 Å². The molecule has 0 spiro atoms. The molecule has 0 aliphatic heterocycles. The standard InChI is InChI=1S/C9H15IO2/c1-4-9(2,6-5-7-10)8(11)12-3/h4H,1,5-7H2,2-3H3. The number of methoxy groups -OCH3 is 1. The third-order valence-electron chi connectivity index (χ3n) is 1.93. The molecule has 0 saturated carbocycles. The zero-order valence-electron chi connectivity index (χ0n) is 7.60. The minimum Gasteiger partial charge on any atom is -0.468 e. The number of hydrogen-bond acceptors (Lipinski definition) is 2. The summed E-state index contributed by atoms with van der Waals surface area (Å²) in [4.78, 5) is 11.3. The van der Waals surface area contributed by atoms with E-state index in [0.29, 0.717) is 0 Å². The third kappa shape index (κ3) is 3.13. The van der Waals surface area contributed by atoms with E-state index in [4.69, 9.17) is 4.74 Å². The number of carbonyl (C=O) groups excluding carboxylic acids is 1. The summed E-state index contributed by atoms with van der Waals surface area (Å²) >= 11 is 2.29. The van der Waals surface area contributed by atoms with E-state index in [0.717, 1.165) is 17.3 Å². The van der Waals surface area contributed by atoms with Gasteiger partial charge in [-0.1, -0.05) is 28.7 Å². The molecule has 0 aromatic heterocycles. The fourth-order valence-corrected chi connectivity index (χ4v) is 1.34. The van der Waals surface area contributed by atoms with Gasteiger partial charge in [-0.05, 0) is 24.2 Å². The first-order valence-corrected chi connectivity index (χ1v) is 5.41. The van der Waals surface area contributed by atoms with Gasteiger partial charge in [0.1, 0.15) is 0 Å². The Morgan fingerprint density at radius 3 is 2.67 bits per heavy atom. The van der Waals surface area contributed by atoms with Gasteiger partial charge in [0, 0.05) is 0 Å². The maximum absolute atomic E-state index is 11.3. The predicted octanol–water partition coefficient (Wildman–Crippen LogP) is 2.57. The molecule has 0 aliphatic rings. The number of halogens is 1. The minimum absolute atomic E-state index is 0.192. The van der Waals surface area contributed by atoms with E-state index in [1.807, 2.05) is 6.92 Å². The van der Waals surface area contributed by atoms with Gasteiger partial charge in [0.25, 0.3) is 0 Å². The lowest BCUT2D eigenvalue weighted by Crippen LogP contribution is -2.26. The van der Waals surface area contributed by atoms with Gasteiger partial charge < -0.3 is 4.74 Å². The zero-order chi connectivity index (χ0) is 9.61. The lowest BCUT2D eigenvalue weighted by Gasteiger charge is -2.21. The highest BCUT2D eigenvalue weighted by Crippen LogP contribution is 2.26. The average Bonchev–Trinajstić information content (AvgIpc) is 2.12. The number of alkyl halides is 1. The Bertz CT molecular complexity index is 168. The summed E-state index contributed by atoms with van der Waals surface area (Å²) in [5.41, 5.74) is -0.500. The van der Waals surface area contributed by atoms with Crippen LogP contribution in [0.15, 0.2) is 12.7 Å². The van der Waals surface area contributed by atoms with E-state index in [1.54, 1.807) is 6.08 Å². The van der Waals surface area contributed by atoms with Gasteiger partial charge >= 0.3 is 5.97 Å². The molecule has 70 valence electrons. The monoisotopic (exact) mass is 282 g/mol. The summed E-state index contributed by atoms with van der Waals surface area (Å²) in [6.45, 7) is 5.51. The van der Waals surface area contributed by atoms with Crippen molar-refractivity contribution in [2.75, 3.05) is 11.5 Å². The molecule has 0 heterocycles. The molecule has 3 heteroatoms. The lowest BCUT2D eigenvalue weighted by atomic mass is 9.86. The fourth-order valence-electron chi connectivity index (χ4n) is 0.955. The highest BCUT2D eigenvalue weighted by molar-refractivity contribution is 14.1. The summed E-state index contributed by atoms with van der Waals surface area (Å²) < 4.78 is 5.74. The molecule has 0 amide bonds. The van der Waals surface area contributed by atoms with E-state index < -0.39 is 5.41 Å². The Kier molecular flexibility index (Phi) is 5.53. The first-order valence-electron chi connectivity index (χ1n) is 3.88. The molecule has 0 aromatic rings. The normalized spacial score (nSPS) is 14.9. The van der Waals surface area contributed by atoms with Crippen LogP contribution in [0.2, 0.25) is 0 Å². The maximum atomic E-state index is 11.3. The maximum Gasteiger partial charge on any atom is 0.315 e. The van der Waals surface area contributed by atoms with E-state index in [1.165, 1.54) is 7.11 Å². The van der Waals surface area contributed by atoms with Crippen LogP contribution in [0.25, 0.3) is 0 Å². The van der Waals surface area contributed by atoms with Crippen molar-refractivity contribution in [3.05, 3.63) is 12.7 Å². The van der Waals surface area contributed by atoms with Gasteiger partial charge in [0.15, 0.2) is 0 Å². The van der Waals surface area contributed by atoms with Crippen LogP contribution in [-0.4, -0.2) is 17.5 Å². The predicted molar refractivity (Wildman–Crippen MR) is 58.4 cm³/mol. The van der Waals surface area contributed by atoms with Crippen molar-refractivity contribution in [2.45, 2.75) is 19.8 Å². The van der Waals surface area contributed by atoms with Crippen LogP contribution in [0.1, 0.15) is 19.8 Å². The van der Waals surface area contributed by atoms with Crippen molar-refractivity contribution in [1.29, 1.82) is 0 Å². The lowest BCUT2D eigenvalue weighted by molar-refractivity contribution is -0.149. The molecule has 0 rings (SSSR count). The van der Waals surface area contributed by atoms with Gasteiger partial charge in [-0.2, -0.15) is 0 Å². The second-order valence-electron chi connectivity index (χ2n) is 2.91. The molecule has 0 aliphatic carbocycles. The molecular formula is C9H15IO2. The van der Waals surface area contributed by atoms with Crippen LogP contribution in [0, 0.1) is 5.41 Å². The second-order valence-corrected chi connectivity index (χ2v) is 3.98. The molecule has 12 heavy (non-hydrogen) atoms. The van der Waals surface area contributed by atoms with Crippen molar-refractivity contribution in [3.8, 4) is 0 Å². The Hall–Kier alpha value is -0.0600. The minimum atomic E-state index is -0.500. The first-order chi connectivity index (χ1) is 5.60. The van der Waals surface area contributed by atoms with Crippen LogP contribution in [0.3, 0.4) is 0 Å². The van der Waals surface area contributed by atoms with Crippen molar-refractivity contribution in [3.63, 3.8) is 0 Å². The summed E-state index contributed by atoms with van der Waals surface area (Å²) in [7, 11) is 1.41. The van der Waals surface area contributed by atoms with Crippen molar-refractivity contribution < 1.29 is 9.53 Å². The molecule has 0 N–H and O–H groups in total. The summed E-state index contributed by atoms with van der Waals surface area (Å²) in [5.74, 6) is -0.192. The Morgan fingerprint density at radius 2 is 2.33 bits per heavy atom. The first kappa shape index (κ1) is 11.9. The Balaban J connectivity index is 4.23. The van der Waals surface area contributed by atoms with E-state index in [9.17, 15) is 4.79 Å². The fraction of sp³-hybridized carbons (Fsp3) is 0.667. The van der Waals surface area contributed by atoms with Crippen molar-refractivity contribution >= 4 is 28.6 Å². The van der Waals surface area contributed by atoms with E-state index >= 15 is 0 Å². The number of carbonyl (C=O) groups is 1. The van der Waals surface area contributed by atoms with Crippen LogP contribution >= 0.6 is 22.6 Å². The van der Waals surface area contributed by atoms with Crippen LogP contribution in [0.5, 0.6) is 0 Å². The SMILES string of the molecule is C=CC(C)(CCCI)C(=O)OC. The third-order valence-corrected chi connectivity index (χ3v) is 2.69. The quantitative estimate of drug-likeness (QED) is 0.335.